The quantitative estimate of drug-likeness (QED) is 0.921. The molecule has 0 aromatic carbocycles. The van der Waals surface area contributed by atoms with E-state index in [1.165, 1.54) is 24.1 Å². The van der Waals surface area contributed by atoms with E-state index in [-0.39, 0.29) is 5.56 Å². The molecule has 1 atom stereocenters. The van der Waals surface area contributed by atoms with Crippen molar-refractivity contribution in [3.05, 3.63) is 50.3 Å². The monoisotopic (exact) mass is 315 g/mol. The van der Waals surface area contributed by atoms with E-state index in [0.717, 1.165) is 43.3 Å². The summed E-state index contributed by atoms with van der Waals surface area (Å²) in [7, 11) is 0. The van der Waals surface area contributed by atoms with Crippen LogP contribution in [0.1, 0.15) is 35.5 Å². The van der Waals surface area contributed by atoms with Crippen molar-refractivity contribution in [3.63, 3.8) is 0 Å². The van der Waals surface area contributed by atoms with Gasteiger partial charge in [-0.3, -0.25) is 4.79 Å². The first-order valence-electron chi connectivity index (χ1n) is 8.13. The second-order valence-electron chi connectivity index (χ2n) is 6.44. The highest BCUT2D eigenvalue weighted by Gasteiger charge is 2.26. The van der Waals surface area contributed by atoms with E-state index in [0.29, 0.717) is 6.04 Å². The van der Waals surface area contributed by atoms with Gasteiger partial charge in [-0.2, -0.15) is 0 Å². The topological polar surface area (TPSA) is 46.9 Å². The number of rotatable bonds is 5. The lowest BCUT2D eigenvalue weighted by molar-refractivity contribution is 0.435. The third kappa shape index (κ3) is 3.01. The molecular formula is C17H21N3OS. The van der Waals surface area contributed by atoms with Crippen LogP contribution in [0.3, 0.4) is 0 Å². The average Bonchev–Trinajstić information content (AvgIpc) is 3.20. The maximum atomic E-state index is 12.2. The van der Waals surface area contributed by atoms with Crippen molar-refractivity contribution in [1.29, 1.82) is 0 Å². The molecule has 116 valence electrons. The first-order valence-corrected chi connectivity index (χ1v) is 9.01. The van der Waals surface area contributed by atoms with Gasteiger partial charge in [0.1, 0.15) is 5.01 Å². The van der Waals surface area contributed by atoms with E-state index in [9.17, 15) is 4.79 Å². The van der Waals surface area contributed by atoms with Crippen LogP contribution in [0.2, 0.25) is 0 Å². The standard InChI is InChI=1S/C17H21N3OS/c21-17-6-3-13-9-14(19-10-16-18-7-8-22-16)4-5-15(13)20(17)11-12-1-2-12/h3,6-8,12,14,19H,1-2,4-5,9-11H2. The van der Waals surface area contributed by atoms with Crippen LogP contribution >= 0.6 is 11.3 Å². The van der Waals surface area contributed by atoms with Crippen LogP contribution in [0.5, 0.6) is 0 Å². The fourth-order valence-corrected chi connectivity index (χ4v) is 3.90. The summed E-state index contributed by atoms with van der Waals surface area (Å²) in [5.41, 5.74) is 2.81. The highest BCUT2D eigenvalue weighted by Crippen LogP contribution is 2.31. The van der Waals surface area contributed by atoms with Gasteiger partial charge in [-0.15, -0.1) is 11.3 Å². The summed E-state index contributed by atoms with van der Waals surface area (Å²) in [6.07, 6.45) is 7.56. The molecule has 2 aliphatic carbocycles. The minimum Gasteiger partial charge on any atom is -0.312 e. The van der Waals surface area contributed by atoms with Crippen LogP contribution in [0.25, 0.3) is 0 Å². The molecule has 0 radical (unpaired) electrons. The number of thiazole rings is 1. The Bertz CT molecular complexity index is 703. The van der Waals surface area contributed by atoms with Crippen molar-refractivity contribution < 1.29 is 0 Å². The van der Waals surface area contributed by atoms with Crippen LogP contribution < -0.4 is 10.9 Å². The minimum atomic E-state index is 0.180. The van der Waals surface area contributed by atoms with E-state index in [2.05, 4.69) is 10.3 Å². The van der Waals surface area contributed by atoms with Crippen molar-refractivity contribution in [1.82, 2.24) is 14.9 Å². The molecule has 2 aromatic rings. The largest absolute Gasteiger partial charge is 0.312 e. The smallest absolute Gasteiger partial charge is 0.250 e. The van der Waals surface area contributed by atoms with Crippen LogP contribution in [0, 0.1) is 5.92 Å². The van der Waals surface area contributed by atoms with E-state index >= 15 is 0 Å². The van der Waals surface area contributed by atoms with Gasteiger partial charge in [-0.25, -0.2) is 4.98 Å². The van der Waals surface area contributed by atoms with Gasteiger partial charge in [0.05, 0.1) is 0 Å². The van der Waals surface area contributed by atoms with E-state index < -0.39 is 0 Å². The minimum absolute atomic E-state index is 0.180. The number of hydrogen-bond donors (Lipinski definition) is 1. The van der Waals surface area contributed by atoms with Gasteiger partial charge in [0.15, 0.2) is 0 Å². The molecule has 1 saturated carbocycles. The summed E-state index contributed by atoms with van der Waals surface area (Å²) in [4.78, 5) is 16.5. The predicted octanol–water partition coefficient (Wildman–Crippen LogP) is 2.36. The first kappa shape index (κ1) is 14.2. The fraction of sp³-hybridized carbons (Fsp3) is 0.529. The summed E-state index contributed by atoms with van der Waals surface area (Å²) in [5.74, 6) is 0.741. The predicted molar refractivity (Wildman–Crippen MR) is 88.2 cm³/mol. The summed E-state index contributed by atoms with van der Waals surface area (Å²) in [6.45, 7) is 1.78. The Morgan fingerprint density at radius 2 is 2.23 bits per heavy atom. The van der Waals surface area contributed by atoms with Crippen molar-refractivity contribution in [2.45, 2.75) is 51.2 Å². The summed E-state index contributed by atoms with van der Waals surface area (Å²) in [6, 6.07) is 4.28. The third-order valence-corrected chi connectivity index (χ3v) is 5.53. The number of hydrogen-bond acceptors (Lipinski definition) is 4. The second kappa shape index (κ2) is 5.97. The molecule has 2 heterocycles. The zero-order valence-electron chi connectivity index (χ0n) is 12.6. The molecule has 1 unspecified atom stereocenters. The third-order valence-electron chi connectivity index (χ3n) is 4.75. The molecule has 2 aliphatic rings. The number of nitrogens with zero attached hydrogens (tertiary/aromatic N) is 2. The van der Waals surface area contributed by atoms with Crippen molar-refractivity contribution >= 4 is 11.3 Å². The van der Waals surface area contributed by atoms with Crippen molar-refractivity contribution in [2.24, 2.45) is 5.92 Å². The van der Waals surface area contributed by atoms with Gasteiger partial charge in [-0.1, -0.05) is 6.07 Å². The molecule has 0 aliphatic heterocycles. The van der Waals surface area contributed by atoms with Crippen LogP contribution in [-0.2, 0) is 25.9 Å². The van der Waals surface area contributed by atoms with Gasteiger partial charge >= 0.3 is 0 Å². The maximum Gasteiger partial charge on any atom is 0.250 e. The van der Waals surface area contributed by atoms with Gasteiger partial charge in [0.2, 0.25) is 0 Å². The van der Waals surface area contributed by atoms with Gasteiger partial charge < -0.3 is 9.88 Å². The van der Waals surface area contributed by atoms with Crippen LogP contribution in [0.15, 0.2) is 28.5 Å². The second-order valence-corrected chi connectivity index (χ2v) is 7.42. The molecule has 0 bridgehead atoms. The van der Waals surface area contributed by atoms with E-state index in [1.807, 2.05) is 22.2 Å². The molecule has 0 spiro atoms. The first-order chi connectivity index (χ1) is 10.8. The van der Waals surface area contributed by atoms with Gasteiger partial charge in [0, 0.05) is 42.5 Å². The molecule has 2 aromatic heterocycles. The average molecular weight is 315 g/mol. The van der Waals surface area contributed by atoms with Crippen LogP contribution in [0.4, 0.5) is 0 Å². The highest BCUT2D eigenvalue weighted by molar-refractivity contribution is 7.09. The molecule has 1 N–H and O–H groups in total. The maximum absolute atomic E-state index is 12.2. The van der Waals surface area contributed by atoms with Crippen molar-refractivity contribution in [2.75, 3.05) is 0 Å². The fourth-order valence-electron chi connectivity index (χ4n) is 3.33. The lowest BCUT2D eigenvalue weighted by atomic mass is 9.91. The molecule has 5 heteroatoms. The number of fused-ring (bicyclic) bond motifs is 1. The Morgan fingerprint density at radius 3 is 3.00 bits per heavy atom. The SMILES string of the molecule is O=c1ccc2c(n1CC1CC1)CCC(NCc1nccs1)C2. The molecule has 1 fully saturated rings. The lowest BCUT2D eigenvalue weighted by Crippen LogP contribution is -2.37. The summed E-state index contributed by atoms with van der Waals surface area (Å²) < 4.78 is 2.05. The lowest BCUT2D eigenvalue weighted by Gasteiger charge is -2.27. The zero-order valence-corrected chi connectivity index (χ0v) is 13.4. The zero-order chi connectivity index (χ0) is 14.9. The highest BCUT2D eigenvalue weighted by atomic mass is 32.1. The number of nitrogens with one attached hydrogen (secondary N) is 1. The van der Waals surface area contributed by atoms with Gasteiger partial charge in [-0.05, 0) is 43.6 Å². The molecule has 22 heavy (non-hydrogen) atoms. The molecule has 0 saturated heterocycles. The normalized spacial score (nSPS) is 20.8. The summed E-state index contributed by atoms with van der Waals surface area (Å²) in [5, 5.41) is 6.77. The van der Waals surface area contributed by atoms with Gasteiger partial charge in [0.25, 0.3) is 5.56 Å². The Hall–Kier alpha value is -1.46. The molecule has 4 rings (SSSR count). The van der Waals surface area contributed by atoms with E-state index in [4.69, 9.17) is 0 Å². The molecular weight excluding hydrogens is 294 g/mol. The molecule has 0 amide bonds. The van der Waals surface area contributed by atoms with Crippen LogP contribution in [-0.4, -0.2) is 15.6 Å². The number of aromatic nitrogens is 2. The summed E-state index contributed by atoms with van der Waals surface area (Å²) >= 11 is 1.70. The Kier molecular flexibility index (Phi) is 3.84. The van der Waals surface area contributed by atoms with E-state index in [1.54, 1.807) is 17.4 Å². The number of pyridine rings is 1. The van der Waals surface area contributed by atoms with Crippen molar-refractivity contribution in [3.8, 4) is 0 Å². The Labute approximate surface area is 134 Å². The Morgan fingerprint density at radius 1 is 1.32 bits per heavy atom. The molecule has 4 nitrogen and oxygen atoms in total. The Balaban J connectivity index is 1.47.